The number of imide groups is 1. The van der Waals surface area contributed by atoms with Crippen molar-refractivity contribution in [3.05, 3.63) is 35.9 Å². The van der Waals surface area contributed by atoms with Gasteiger partial charge in [0.1, 0.15) is 5.54 Å². The first-order valence-electron chi connectivity index (χ1n) is 7.90. The van der Waals surface area contributed by atoms with Crippen molar-refractivity contribution in [2.75, 3.05) is 13.2 Å². The van der Waals surface area contributed by atoms with Crippen LogP contribution in [0, 0.1) is 0 Å². The maximum atomic E-state index is 12.3. The van der Waals surface area contributed by atoms with Crippen molar-refractivity contribution in [2.24, 2.45) is 0 Å². The van der Waals surface area contributed by atoms with E-state index in [0.717, 1.165) is 16.9 Å². The number of carbonyl (C=O) groups excluding carboxylic acids is 2. The van der Waals surface area contributed by atoms with Gasteiger partial charge in [-0.25, -0.2) is 4.79 Å². The zero-order chi connectivity index (χ0) is 16.9. The van der Waals surface area contributed by atoms with E-state index in [-0.39, 0.29) is 19.1 Å². The van der Waals surface area contributed by atoms with Gasteiger partial charge in [0.05, 0.1) is 25.9 Å². The fourth-order valence-electron chi connectivity index (χ4n) is 2.73. The number of hydrogen-bond acceptors (Lipinski definition) is 4. The van der Waals surface area contributed by atoms with Crippen LogP contribution in [0.15, 0.2) is 30.3 Å². The number of nitrogens with one attached hydrogen (secondary N) is 1. The Morgan fingerprint density at radius 2 is 2.00 bits per heavy atom. The van der Waals surface area contributed by atoms with Crippen LogP contribution in [-0.4, -0.2) is 46.7 Å². The lowest BCUT2D eigenvalue weighted by molar-refractivity contribution is -0.132. The third-order valence-electron chi connectivity index (χ3n) is 3.91. The minimum atomic E-state index is -0.905. The van der Waals surface area contributed by atoms with Gasteiger partial charge < -0.3 is 15.2 Å². The summed E-state index contributed by atoms with van der Waals surface area (Å²) in [6.45, 7) is 4.06. The molecule has 2 atom stereocenters. The number of nitrogens with zero attached hydrogens (tertiary/aromatic N) is 1. The smallest absolute Gasteiger partial charge is 0.325 e. The number of carbonyl (C=O) groups is 2. The van der Waals surface area contributed by atoms with Crippen LogP contribution in [0.1, 0.15) is 32.3 Å². The van der Waals surface area contributed by atoms with Gasteiger partial charge in [0.25, 0.3) is 5.91 Å². The van der Waals surface area contributed by atoms with Crippen LogP contribution in [0.4, 0.5) is 4.79 Å². The summed E-state index contributed by atoms with van der Waals surface area (Å²) in [6, 6.07) is 9.16. The highest BCUT2D eigenvalue weighted by atomic mass is 16.5. The van der Waals surface area contributed by atoms with Crippen LogP contribution >= 0.6 is 0 Å². The number of aliphatic hydroxyl groups is 1. The average molecular weight is 320 g/mol. The van der Waals surface area contributed by atoms with Gasteiger partial charge >= 0.3 is 6.03 Å². The zero-order valence-corrected chi connectivity index (χ0v) is 13.6. The van der Waals surface area contributed by atoms with Crippen molar-refractivity contribution < 1.29 is 19.4 Å². The van der Waals surface area contributed by atoms with Crippen molar-refractivity contribution in [1.82, 2.24) is 10.2 Å². The third-order valence-corrected chi connectivity index (χ3v) is 3.91. The number of ether oxygens (including phenoxy) is 1. The molecule has 0 saturated carbocycles. The molecule has 6 heteroatoms. The van der Waals surface area contributed by atoms with Gasteiger partial charge in [0.15, 0.2) is 0 Å². The van der Waals surface area contributed by atoms with Gasteiger partial charge in [-0.1, -0.05) is 43.7 Å². The van der Waals surface area contributed by atoms with Gasteiger partial charge in [-0.2, -0.15) is 0 Å². The van der Waals surface area contributed by atoms with Crippen molar-refractivity contribution in [3.63, 3.8) is 0 Å². The first kappa shape index (κ1) is 17.4. The fourth-order valence-corrected chi connectivity index (χ4v) is 2.73. The van der Waals surface area contributed by atoms with E-state index in [2.05, 4.69) is 5.32 Å². The minimum Gasteiger partial charge on any atom is -0.389 e. The standard InChI is InChI=1S/C17H24N2O4/c1-3-9-17(2)15(21)19(16(22)18-17)10-14(20)12-23-11-13-7-5-4-6-8-13/h4-8,14,20H,3,9-12H2,1-2H3,(H,18,22)/t14-,17+/m0/s1. The molecule has 1 aliphatic rings. The van der Waals surface area contributed by atoms with Crippen LogP contribution in [0.2, 0.25) is 0 Å². The molecule has 0 spiro atoms. The first-order valence-corrected chi connectivity index (χ1v) is 7.90. The summed E-state index contributed by atoms with van der Waals surface area (Å²) < 4.78 is 5.44. The zero-order valence-electron chi connectivity index (χ0n) is 13.6. The van der Waals surface area contributed by atoms with E-state index in [4.69, 9.17) is 4.74 Å². The Hall–Kier alpha value is -1.92. The molecule has 1 aromatic rings. The molecule has 6 nitrogen and oxygen atoms in total. The maximum Gasteiger partial charge on any atom is 0.325 e. The Morgan fingerprint density at radius 1 is 1.30 bits per heavy atom. The van der Waals surface area contributed by atoms with Crippen molar-refractivity contribution in [1.29, 1.82) is 0 Å². The molecule has 3 amide bonds. The Bertz CT molecular complexity index is 549. The van der Waals surface area contributed by atoms with Gasteiger partial charge in [0.2, 0.25) is 0 Å². The fraction of sp³-hybridized carbons (Fsp3) is 0.529. The number of rotatable bonds is 8. The van der Waals surface area contributed by atoms with Crippen molar-refractivity contribution in [3.8, 4) is 0 Å². The second-order valence-electron chi connectivity index (χ2n) is 6.08. The summed E-state index contributed by atoms with van der Waals surface area (Å²) in [7, 11) is 0. The number of benzene rings is 1. The molecule has 0 bridgehead atoms. The molecule has 0 unspecified atom stereocenters. The molecular formula is C17H24N2O4. The lowest BCUT2D eigenvalue weighted by Gasteiger charge is -2.22. The predicted molar refractivity (Wildman–Crippen MR) is 85.7 cm³/mol. The van der Waals surface area contributed by atoms with E-state index in [9.17, 15) is 14.7 Å². The minimum absolute atomic E-state index is 0.0568. The molecule has 0 radical (unpaired) electrons. The van der Waals surface area contributed by atoms with Crippen molar-refractivity contribution in [2.45, 2.75) is 44.9 Å². The molecule has 1 saturated heterocycles. The maximum absolute atomic E-state index is 12.3. The monoisotopic (exact) mass is 320 g/mol. The van der Waals surface area contributed by atoms with E-state index in [1.54, 1.807) is 6.92 Å². The van der Waals surface area contributed by atoms with E-state index in [1.807, 2.05) is 37.3 Å². The summed E-state index contributed by atoms with van der Waals surface area (Å²) in [5, 5.41) is 12.7. The molecular weight excluding hydrogens is 296 g/mol. The van der Waals surface area contributed by atoms with Crippen LogP contribution in [0.25, 0.3) is 0 Å². The van der Waals surface area contributed by atoms with Crippen LogP contribution < -0.4 is 5.32 Å². The molecule has 1 fully saturated rings. The topological polar surface area (TPSA) is 78.9 Å². The average Bonchev–Trinajstić information content (AvgIpc) is 2.72. The largest absolute Gasteiger partial charge is 0.389 e. The summed E-state index contributed by atoms with van der Waals surface area (Å²) in [6.07, 6.45) is 0.464. The molecule has 0 aliphatic carbocycles. The van der Waals surface area contributed by atoms with Crippen LogP contribution in [0.5, 0.6) is 0 Å². The van der Waals surface area contributed by atoms with E-state index in [1.165, 1.54) is 0 Å². The SMILES string of the molecule is CCC[C@@]1(C)NC(=O)N(C[C@H](O)COCc2ccccc2)C1=O. The number of β-amino-alcohol motifs (C(OH)–C–C–N with tert-alkyl or cyclic N) is 1. The number of aliphatic hydroxyl groups excluding tert-OH is 1. The quantitative estimate of drug-likeness (QED) is 0.714. The van der Waals surface area contributed by atoms with Gasteiger partial charge in [-0.3, -0.25) is 9.69 Å². The third kappa shape index (κ3) is 4.30. The molecule has 23 heavy (non-hydrogen) atoms. The molecule has 1 heterocycles. The molecule has 1 aromatic carbocycles. The molecule has 0 aromatic heterocycles. The second kappa shape index (κ2) is 7.57. The van der Waals surface area contributed by atoms with Crippen LogP contribution in [0.3, 0.4) is 0 Å². The predicted octanol–water partition coefficient (Wildman–Crippen LogP) is 1.67. The molecule has 1 aliphatic heterocycles. The summed E-state index contributed by atoms with van der Waals surface area (Å²) in [4.78, 5) is 25.4. The molecule has 126 valence electrons. The lowest BCUT2D eigenvalue weighted by Crippen LogP contribution is -2.44. The van der Waals surface area contributed by atoms with Gasteiger partial charge in [-0.05, 0) is 18.9 Å². The Kier molecular flexibility index (Phi) is 5.74. The number of hydrogen-bond donors (Lipinski definition) is 2. The summed E-state index contributed by atoms with van der Waals surface area (Å²) in [5.41, 5.74) is 0.140. The number of urea groups is 1. The highest BCUT2D eigenvalue weighted by Gasteiger charge is 2.47. The van der Waals surface area contributed by atoms with E-state index in [0.29, 0.717) is 13.0 Å². The first-order chi connectivity index (χ1) is 11.0. The Labute approximate surface area is 136 Å². The Balaban J connectivity index is 1.82. The van der Waals surface area contributed by atoms with E-state index >= 15 is 0 Å². The highest BCUT2D eigenvalue weighted by molar-refractivity contribution is 6.06. The number of amides is 3. The summed E-state index contributed by atoms with van der Waals surface area (Å²) in [5.74, 6) is -0.286. The van der Waals surface area contributed by atoms with Crippen molar-refractivity contribution >= 4 is 11.9 Å². The highest BCUT2D eigenvalue weighted by Crippen LogP contribution is 2.22. The molecule has 2 rings (SSSR count). The van der Waals surface area contributed by atoms with E-state index < -0.39 is 17.7 Å². The lowest BCUT2D eigenvalue weighted by atomic mass is 9.96. The Morgan fingerprint density at radius 3 is 2.65 bits per heavy atom. The second-order valence-corrected chi connectivity index (χ2v) is 6.08. The van der Waals surface area contributed by atoms with Gasteiger partial charge in [-0.15, -0.1) is 0 Å². The van der Waals surface area contributed by atoms with Crippen LogP contribution in [-0.2, 0) is 16.1 Å². The normalized spacial score (nSPS) is 22.3. The van der Waals surface area contributed by atoms with Gasteiger partial charge in [0, 0.05) is 0 Å². The molecule has 2 N–H and O–H groups in total. The summed E-state index contributed by atoms with van der Waals surface area (Å²) >= 11 is 0.